The first-order valence-electron chi connectivity index (χ1n) is 7.95. The summed E-state index contributed by atoms with van der Waals surface area (Å²) in [5, 5.41) is 9.90. The van der Waals surface area contributed by atoms with Crippen LogP contribution in [0.4, 0.5) is 4.79 Å². The van der Waals surface area contributed by atoms with Crippen molar-refractivity contribution in [2.75, 3.05) is 19.7 Å². The first kappa shape index (κ1) is 15.0. The number of carbonyl (C=O) groups is 1. The first-order chi connectivity index (χ1) is 10.7. The molecule has 0 spiro atoms. The van der Waals surface area contributed by atoms with Crippen molar-refractivity contribution >= 4 is 6.03 Å². The summed E-state index contributed by atoms with van der Waals surface area (Å²) in [5.74, 6) is 0. The molecule has 1 atom stereocenters. The van der Waals surface area contributed by atoms with Gasteiger partial charge in [0.25, 0.3) is 5.56 Å². The molecule has 0 saturated carbocycles. The molecule has 1 fully saturated rings. The van der Waals surface area contributed by atoms with E-state index in [9.17, 15) is 9.59 Å². The highest BCUT2D eigenvalue weighted by Gasteiger charge is 2.16. The lowest BCUT2D eigenvalue weighted by atomic mass is 10.2. The van der Waals surface area contributed by atoms with Crippen molar-refractivity contribution in [3.05, 3.63) is 27.7 Å². The van der Waals surface area contributed by atoms with Gasteiger partial charge in [0.2, 0.25) is 0 Å². The number of urea groups is 1. The van der Waals surface area contributed by atoms with Crippen LogP contribution in [-0.2, 0) is 24.1 Å². The average molecular weight is 306 g/mol. The highest BCUT2D eigenvalue weighted by molar-refractivity contribution is 5.73. The summed E-state index contributed by atoms with van der Waals surface area (Å²) in [7, 11) is 0. The summed E-state index contributed by atoms with van der Waals surface area (Å²) < 4.78 is 6.87. The van der Waals surface area contributed by atoms with Gasteiger partial charge in [0.1, 0.15) is 0 Å². The van der Waals surface area contributed by atoms with Crippen LogP contribution in [0.5, 0.6) is 0 Å². The molecule has 120 valence electrons. The van der Waals surface area contributed by atoms with Gasteiger partial charge >= 0.3 is 6.03 Å². The number of hydrogen-bond donors (Lipinski definition) is 2. The van der Waals surface area contributed by atoms with Crippen molar-refractivity contribution in [2.45, 2.75) is 44.8 Å². The predicted molar refractivity (Wildman–Crippen MR) is 80.9 cm³/mol. The van der Waals surface area contributed by atoms with Crippen LogP contribution < -0.4 is 16.2 Å². The number of ether oxygens (including phenoxy) is 1. The van der Waals surface area contributed by atoms with E-state index < -0.39 is 0 Å². The molecule has 7 nitrogen and oxygen atoms in total. The molecule has 1 aliphatic carbocycles. The van der Waals surface area contributed by atoms with Gasteiger partial charge < -0.3 is 15.4 Å². The standard InChI is InChI=1S/C15H22N4O3/c20-14-9-11-3-1-5-13(11)18-19(14)7-6-16-15(21)17-10-12-4-2-8-22-12/h9,12H,1-8,10H2,(H2,16,17,21). The largest absolute Gasteiger partial charge is 0.376 e. The van der Waals surface area contributed by atoms with E-state index in [1.54, 1.807) is 6.07 Å². The Morgan fingerprint density at radius 2 is 2.27 bits per heavy atom. The maximum absolute atomic E-state index is 11.9. The number of nitrogens with one attached hydrogen (secondary N) is 2. The highest BCUT2D eigenvalue weighted by atomic mass is 16.5. The quantitative estimate of drug-likeness (QED) is 0.814. The Morgan fingerprint density at radius 3 is 3.09 bits per heavy atom. The zero-order valence-corrected chi connectivity index (χ0v) is 12.6. The summed E-state index contributed by atoms with van der Waals surface area (Å²) >= 11 is 0. The van der Waals surface area contributed by atoms with Crippen molar-refractivity contribution in [2.24, 2.45) is 0 Å². The Kier molecular flexibility index (Phi) is 4.72. The van der Waals surface area contributed by atoms with Crippen molar-refractivity contribution in [1.29, 1.82) is 0 Å². The molecule has 22 heavy (non-hydrogen) atoms. The lowest BCUT2D eigenvalue weighted by molar-refractivity contribution is 0.111. The van der Waals surface area contributed by atoms with Crippen molar-refractivity contribution < 1.29 is 9.53 Å². The summed E-state index contributed by atoms with van der Waals surface area (Å²) in [6.45, 7) is 2.08. The molecular weight excluding hydrogens is 284 g/mol. The Hall–Kier alpha value is -1.89. The molecule has 1 aromatic heterocycles. The number of rotatable bonds is 5. The van der Waals surface area contributed by atoms with Gasteiger partial charge in [-0.25, -0.2) is 9.48 Å². The fourth-order valence-electron chi connectivity index (χ4n) is 2.95. The van der Waals surface area contributed by atoms with E-state index in [0.717, 1.165) is 50.0 Å². The summed E-state index contributed by atoms with van der Waals surface area (Å²) in [5.41, 5.74) is 1.99. The number of nitrogens with zero attached hydrogens (tertiary/aromatic N) is 2. The van der Waals surface area contributed by atoms with Crippen molar-refractivity contribution in [1.82, 2.24) is 20.4 Å². The number of aromatic nitrogens is 2. The number of amides is 2. The normalized spacial score (nSPS) is 19.9. The SMILES string of the molecule is O=C(NCCn1nc2c(cc1=O)CCC2)NCC1CCCO1. The zero-order valence-electron chi connectivity index (χ0n) is 12.6. The van der Waals surface area contributed by atoms with Gasteiger partial charge in [-0.15, -0.1) is 0 Å². The minimum Gasteiger partial charge on any atom is -0.376 e. The second-order valence-corrected chi connectivity index (χ2v) is 5.80. The topological polar surface area (TPSA) is 85.2 Å². The summed E-state index contributed by atoms with van der Waals surface area (Å²) in [6.07, 6.45) is 5.13. The van der Waals surface area contributed by atoms with E-state index >= 15 is 0 Å². The lowest BCUT2D eigenvalue weighted by Gasteiger charge is -2.12. The maximum atomic E-state index is 11.9. The van der Waals surface area contributed by atoms with Gasteiger partial charge in [0.15, 0.2) is 0 Å². The van der Waals surface area contributed by atoms with Crippen LogP contribution in [0.1, 0.15) is 30.5 Å². The Bertz CT molecular complexity index is 593. The lowest BCUT2D eigenvalue weighted by Crippen LogP contribution is -2.41. The van der Waals surface area contributed by atoms with Crippen LogP contribution in [0.25, 0.3) is 0 Å². The molecule has 0 radical (unpaired) electrons. The van der Waals surface area contributed by atoms with Crippen LogP contribution in [-0.4, -0.2) is 41.6 Å². The molecule has 0 aromatic carbocycles. The maximum Gasteiger partial charge on any atom is 0.314 e. The molecule has 0 bridgehead atoms. The number of fused-ring (bicyclic) bond motifs is 1. The van der Waals surface area contributed by atoms with Gasteiger partial charge in [-0.3, -0.25) is 4.79 Å². The summed E-state index contributed by atoms with van der Waals surface area (Å²) in [6, 6.07) is 1.44. The van der Waals surface area contributed by atoms with Gasteiger partial charge in [0, 0.05) is 25.8 Å². The van der Waals surface area contributed by atoms with Crippen molar-refractivity contribution in [3.63, 3.8) is 0 Å². The summed E-state index contributed by atoms with van der Waals surface area (Å²) in [4.78, 5) is 23.6. The van der Waals surface area contributed by atoms with E-state index in [2.05, 4.69) is 15.7 Å². The first-order valence-corrected chi connectivity index (χ1v) is 7.95. The number of carbonyl (C=O) groups excluding carboxylic acids is 1. The molecule has 1 saturated heterocycles. The predicted octanol–water partition coefficient (Wildman–Crippen LogP) is 0.210. The third kappa shape index (κ3) is 3.65. The van der Waals surface area contributed by atoms with E-state index in [0.29, 0.717) is 19.6 Å². The Balaban J connectivity index is 1.43. The molecule has 2 heterocycles. The van der Waals surface area contributed by atoms with Gasteiger partial charge in [-0.2, -0.15) is 5.10 Å². The second kappa shape index (κ2) is 6.91. The monoisotopic (exact) mass is 306 g/mol. The van der Waals surface area contributed by atoms with Gasteiger partial charge in [-0.05, 0) is 37.7 Å². The van der Waals surface area contributed by atoms with E-state index in [1.807, 2.05) is 0 Å². The second-order valence-electron chi connectivity index (χ2n) is 5.80. The van der Waals surface area contributed by atoms with Crippen LogP contribution >= 0.6 is 0 Å². The molecule has 3 rings (SSSR count). The van der Waals surface area contributed by atoms with Crippen LogP contribution in [0.2, 0.25) is 0 Å². The molecule has 2 amide bonds. The van der Waals surface area contributed by atoms with Gasteiger partial charge in [-0.1, -0.05) is 0 Å². The third-order valence-corrected chi connectivity index (χ3v) is 4.15. The molecule has 1 aliphatic heterocycles. The number of hydrogen-bond acceptors (Lipinski definition) is 4. The minimum atomic E-state index is -0.232. The molecule has 2 N–H and O–H groups in total. The molecule has 1 unspecified atom stereocenters. The minimum absolute atomic E-state index is 0.0952. The average Bonchev–Trinajstić information content (AvgIpc) is 3.16. The van der Waals surface area contributed by atoms with Gasteiger partial charge in [0.05, 0.1) is 18.3 Å². The Labute approximate surface area is 129 Å². The van der Waals surface area contributed by atoms with E-state index in [-0.39, 0.29) is 17.7 Å². The van der Waals surface area contributed by atoms with E-state index in [4.69, 9.17) is 4.74 Å². The fraction of sp³-hybridized carbons (Fsp3) is 0.667. The smallest absolute Gasteiger partial charge is 0.314 e. The Morgan fingerprint density at radius 1 is 1.36 bits per heavy atom. The number of aryl methyl sites for hydroxylation is 2. The zero-order chi connectivity index (χ0) is 15.4. The fourth-order valence-corrected chi connectivity index (χ4v) is 2.95. The van der Waals surface area contributed by atoms with Crippen LogP contribution in [0.3, 0.4) is 0 Å². The molecular formula is C15H22N4O3. The van der Waals surface area contributed by atoms with Crippen molar-refractivity contribution in [3.8, 4) is 0 Å². The highest BCUT2D eigenvalue weighted by Crippen LogP contribution is 2.16. The van der Waals surface area contributed by atoms with E-state index in [1.165, 1.54) is 4.68 Å². The molecule has 2 aliphatic rings. The third-order valence-electron chi connectivity index (χ3n) is 4.15. The molecule has 7 heteroatoms. The molecule has 1 aromatic rings. The van der Waals surface area contributed by atoms with Crippen LogP contribution in [0, 0.1) is 0 Å². The van der Waals surface area contributed by atoms with Crippen LogP contribution in [0.15, 0.2) is 10.9 Å².